The number of hydrogen-bond acceptors (Lipinski definition) is 4. The molecule has 1 atom stereocenters. The number of ether oxygens (including phenoxy) is 1. The molecule has 0 aromatic carbocycles. The number of alkyl carbamates (subject to hydrolysis) is 1. The second-order valence-electron chi connectivity index (χ2n) is 2.64. The molecule has 0 unspecified atom stereocenters. The minimum absolute atomic E-state index is 0.146. The molecule has 0 heterocycles. The quantitative estimate of drug-likeness (QED) is 0.560. The lowest BCUT2D eigenvalue weighted by molar-refractivity contribution is -0.145. The zero-order chi connectivity index (χ0) is 10.5. The maximum Gasteiger partial charge on any atom is 0.408 e. The van der Waals surface area contributed by atoms with E-state index in [4.69, 9.17) is 10.2 Å². The van der Waals surface area contributed by atoms with Crippen molar-refractivity contribution in [1.82, 2.24) is 5.32 Å². The zero-order valence-corrected chi connectivity index (χ0v) is 7.53. The molecule has 0 rings (SSSR count). The minimum Gasteiger partial charge on any atom is -0.479 e. The van der Waals surface area contributed by atoms with Crippen LogP contribution in [-0.4, -0.2) is 41.0 Å². The molecule has 0 radical (unpaired) electrons. The van der Waals surface area contributed by atoms with Gasteiger partial charge >= 0.3 is 12.1 Å². The molecule has 0 saturated heterocycles. The third-order valence-electron chi connectivity index (χ3n) is 1.44. The van der Waals surface area contributed by atoms with E-state index < -0.39 is 24.2 Å². The largest absolute Gasteiger partial charge is 0.479 e. The summed E-state index contributed by atoms with van der Waals surface area (Å²) in [5.41, 5.74) is -1.69. The lowest BCUT2D eigenvalue weighted by Crippen LogP contribution is -2.55. The highest BCUT2D eigenvalue weighted by Gasteiger charge is 2.34. The smallest absolute Gasteiger partial charge is 0.408 e. The first-order valence-corrected chi connectivity index (χ1v) is 3.75. The first-order valence-electron chi connectivity index (χ1n) is 3.75. The van der Waals surface area contributed by atoms with Crippen LogP contribution in [0.1, 0.15) is 13.8 Å². The van der Waals surface area contributed by atoms with E-state index in [0.29, 0.717) is 0 Å². The van der Waals surface area contributed by atoms with Crippen LogP contribution in [0.15, 0.2) is 0 Å². The molecule has 0 fully saturated rings. The van der Waals surface area contributed by atoms with Crippen molar-refractivity contribution in [3.63, 3.8) is 0 Å². The molecule has 6 nitrogen and oxygen atoms in total. The zero-order valence-electron chi connectivity index (χ0n) is 7.53. The van der Waals surface area contributed by atoms with Gasteiger partial charge in [0.25, 0.3) is 0 Å². The van der Waals surface area contributed by atoms with Crippen LogP contribution in [0.5, 0.6) is 0 Å². The van der Waals surface area contributed by atoms with Crippen molar-refractivity contribution in [1.29, 1.82) is 0 Å². The molecule has 0 saturated carbocycles. The molecule has 0 bridgehead atoms. The van der Waals surface area contributed by atoms with Gasteiger partial charge in [0.05, 0.1) is 13.2 Å². The number of amides is 1. The molecule has 0 aliphatic rings. The van der Waals surface area contributed by atoms with E-state index in [1.807, 2.05) is 5.32 Å². The topological polar surface area (TPSA) is 95.9 Å². The van der Waals surface area contributed by atoms with Crippen molar-refractivity contribution in [3.8, 4) is 0 Å². The normalized spacial score (nSPS) is 14.4. The highest BCUT2D eigenvalue weighted by molar-refractivity contribution is 5.83. The summed E-state index contributed by atoms with van der Waals surface area (Å²) >= 11 is 0. The van der Waals surface area contributed by atoms with Crippen molar-refractivity contribution >= 4 is 12.1 Å². The van der Waals surface area contributed by atoms with Gasteiger partial charge in [-0.05, 0) is 13.8 Å². The number of aliphatic hydroxyl groups excluding tert-OH is 1. The van der Waals surface area contributed by atoms with Gasteiger partial charge in [-0.3, -0.25) is 0 Å². The van der Waals surface area contributed by atoms with Crippen molar-refractivity contribution in [2.45, 2.75) is 19.4 Å². The number of carboxylic acid groups (broad SMARTS) is 1. The van der Waals surface area contributed by atoms with Crippen LogP contribution in [0.4, 0.5) is 4.79 Å². The monoisotopic (exact) mass is 191 g/mol. The van der Waals surface area contributed by atoms with Gasteiger partial charge in [0, 0.05) is 0 Å². The van der Waals surface area contributed by atoms with E-state index in [1.54, 1.807) is 6.92 Å². The SMILES string of the molecule is CCOC(=O)N[C@@](C)(CO)C(=O)O. The number of hydrogen-bond donors (Lipinski definition) is 3. The van der Waals surface area contributed by atoms with Gasteiger partial charge in [0.2, 0.25) is 0 Å². The fraction of sp³-hybridized carbons (Fsp3) is 0.714. The van der Waals surface area contributed by atoms with E-state index in [1.165, 1.54) is 6.92 Å². The summed E-state index contributed by atoms with van der Waals surface area (Å²) in [5.74, 6) is -1.32. The van der Waals surface area contributed by atoms with Crippen molar-refractivity contribution in [2.75, 3.05) is 13.2 Å². The van der Waals surface area contributed by atoms with E-state index in [2.05, 4.69) is 4.74 Å². The molecule has 0 aromatic rings. The van der Waals surface area contributed by atoms with E-state index in [9.17, 15) is 9.59 Å². The van der Waals surface area contributed by atoms with Crippen LogP contribution in [0, 0.1) is 0 Å². The third kappa shape index (κ3) is 3.29. The van der Waals surface area contributed by atoms with Crippen LogP contribution < -0.4 is 5.32 Å². The Balaban J connectivity index is 4.27. The molecule has 6 heteroatoms. The summed E-state index contributed by atoms with van der Waals surface area (Å²) in [6.07, 6.45) is -0.860. The number of carboxylic acids is 1. The van der Waals surface area contributed by atoms with Gasteiger partial charge in [-0.1, -0.05) is 0 Å². The average Bonchev–Trinajstić information content (AvgIpc) is 2.04. The van der Waals surface area contributed by atoms with Crippen molar-refractivity contribution in [2.24, 2.45) is 0 Å². The first-order chi connectivity index (χ1) is 5.96. The van der Waals surface area contributed by atoms with Crippen molar-refractivity contribution < 1.29 is 24.5 Å². The van der Waals surface area contributed by atoms with E-state index in [0.717, 1.165) is 0 Å². The molecule has 3 N–H and O–H groups in total. The average molecular weight is 191 g/mol. The number of aliphatic carboxylic acids is 1. The van der Waals surface area contributed by atoms with Crippen LogP contribution in [0.3, 0.4) is 0 Å². The summed E-state index contributed by atoms with van der Waals surface area (Å²) in [5, 5.41) is 19.4. The minimum atomic E-state index is -1.69. The first kappa shape index (κ1) is 11.7. The molecule has 0 aromatic heterocycles. The highest BCUT2D eigenvalue weighted by Crippen LogP contribution is 2.02. The van der Waals surface area contributed by atoms with Crippen molar-refractivity contribution in [3.05, 3.63) is 0 Å². The lowest BCUT2D eigenvalue weighted by Gasteiger charge is -2.22. The Bertz CT molecular complexity index is 205. The fourth-order valence-corrected chi connectivity index (χ4v) is 0.553. The van der Waals surface area contributed by atoms with Gasteiger partial charge < -0.3 is 20.3 Å². The van der Waals surface area contributed by atoms with Gasteiger partial charge in [-0.15, -0.1) is 0 Å². The van der Waals surface area contributed by atoms with Crippen LogP contribution in [0.25, 0.3) is 0 Å². The van der Waals surface area contributed by atoms with Gasteiger partial charge in [0.15, 0.2) is 5.54 Å². The Hall–Kier alpha value is -1.30. The summed E-state index contributed by atoms with van der Waals surface area (Å²) < 4.78 is 4.47. The molecule has 0 aliphatic heterocycles. The molecule has 1 amide bonds. The lowest BCUT2D eigenvalue weighted by atomic mass is 10.1. The molecule has 76 valence electrons. The maximum atomic E-state index is 10.8. The summed E-state index contributed by atoms with van der Waals surface area (Å²) in [6.45, 7) is 2.23. The number of aliphatic hydroxyl groups is 1. The Morgan fingerprint density at radius 1 is 1.54 bits per heavy atom. The number of rotatable bonds is 4. The Morgan fingerprint density at radius 3 is 2.38 bits per heavy atom. The number of nitrogens with one attached hydrogen (secondary N) is 1. The Kier molecular flexibility index (Phi) is 4.19. The summed E-state index contributed by atoms with van der Waals surface area (Å²) in [4.78, 5) is 21.4. The number of carbonyl (C=O) groups excluding carboxylic acids is 1. The maximum absolute atomic E-state index is 10.8. The van der Waals surface area contributed by atoms with Crippen LogP contribution >= 0.6 is 0 Å². The predicted molar refractivity (Wildman–Crippen MR) is 43.3 cm³/mol. The standard InChI is InChI=1S/C7H13NO5/c1-3-13-6(12)8-7(2,4-9)5(10)11/h9H,3-4H2,1-2H3,(H,8,12)(H,10,11)/t7-/m0/s1. The van der Waals surface area contributed by atoms with Gasteiger partial charge in [0.1, 0.15) is 0 Å². The molecule has 13 heavy (non-hydrogen) atoms. The predicted octanol–water partition coefficient (Wildman–Crippen LogP) is -0.432. The Labute approximate surface area is 75.5 Å². The van der Waals surface area contributed by atoms with Gasteiger partial charge in [-0.25, -0.2) is 9.59 Å². The van der Waals surface area contributed by atoms with E-state index in [-0.39, 0.29) is 6.61 Å². The third-order valence-corrected chi connectivity index (χ3v) is 1.44. The number of carbonyl (C=O) groups is 2. The highest BCUT2D eigenvalue weighted by atomic mass is 16.5. The molecule has 0 aliphatic carbocycles. The van der Waals surface area contributed by atoms with E-state index >= 15 is 0 Å². The Morgan fingerprint density at radius 2 is 2.08 bits per heavy atom. The molecular formula is C7H13NO5. The molecule has 0 spiro atoms. The fourth-order valence-electron chi connectivity index (χ4n) is 0.553. The van der Waals surface area contributed by atoms with Crippen LogP contribution in [-0.2, 0) is 9.53 Å². The summed E-state index contributed by atoms with van der Waals surface area (Å²) in [7, 11) is 0. The second-order valence-corrected chi connectivity index (χ2v) is 2.64. The van der Waals surface area contributed by atoms with Gasteiger partial charge in [-0.2, -0.15) is 0 Å². The summed E-state index contributed by atoms with van der Waals surface area (Å²) in [6, 6.07) is 0. The molecular weight excluding hydrogens is 178 g/mol. The second kappa shape index (κ2) is 4.66. The van der Waals surface area contributed by atoms with Crippen LogP contribution in [0.2, 0.25) is 0 Å².